The second kappa shape index (κ2) is 7.19. The first-order chi connectivity index (χ1) is 6.01. The van der Waals surface area contributed by atoms with Crippen LogP contribution in [0.25, 0.3) is 0 Å². The van der Waals surface area contributed by atoms with Gasteiger partial charge in [0.2, 0.25) is 0 Å². The summed E-state index contributed by atoms with van der Waals surface area (Å²) in [4.78, 5) is 10.6. The van der Waals surface area contributed by atoms with Crippen LogP contribution in [-0.4, -0.2) is 36.1 Å². The van der Waals surface area contributed by atoms with Gasteiger partial charge in [-0.05, 0) is 20.8 Å². The Kier molecular flexibility index (Phi) is 8.37. The Bertz CT molecular complexity index is 158. The molecule has 0 aliphatic heterocycles. The Labute approximate surface area is 87.5 Å². The summed E-state index contributed by atoms with van der Waals surface area (Å²) in [6.45, 7) is 8.32. The molecule has 0 aromatic rings. The molecule has 0 fully saturated rings. The second-order valence-corrected chi connectivity index (χ2v) is 8.64. The molecule has 1 unspecified atom stereocenters. The van der Waals surface area contributed by atoms with Crippen LogP contribution in [0.5, 0.6) is 0 Å². The summed E-state index contributed by atoms with van der Waals surface area (Å²) in [5.41, 5.74) is 0. The number of carboxylic acids is 1. The number of carbonyl (C=O) groups excluding carboxylic acids is 1. The molecule has 4 heteroatoms. The number of aliphatic carboxylic acids is 1. The first kappa shape index (κ1) is 16.3. The van der Waals surface area contributed by atoms with E-state index in [9.17, 15) is 9.90 Å². The maximum absolute atomic E-state index is 10.6. The van der Waals surface area contributed by atoms with Crippen LogP contribution in [0, 0.1) is 5.92 Å². The van der Waals surface area contributed by atoms with Gasteiger partial charge in [0.05, 0.1) is 24.6 Å². The standard InChI is InChI=1S/C10H21O2P.H2O/c1-5-13(6-2,7-3)8-9(4)10(11)12;/h9H,5-8H2,1-4H3;1H2. The van der Waals surface area contributed by atoms with Crippen molar-refractivity contribution in [1.82, 2.24) is 0 Å². The van der Waals surface area contributed by atoms with Crippen molar-refractivity contribution >= 4 is 13.2 Å². The molecular weight excluding hydrogens is 199 g/mol. The lowest BCUT2D eigenvalue weighted by atomic mass is 10.2. The van der Waals surface area contributed by atoms with Crippen LogP contribution < -0.4 is 5.11 Å². The van der Waals surface area contributed by atoms with Crippen LogP contribution in [0.4, 0.5) is 0 Å². The van der Waals surface area contributed by atoms with Gasteiger partial charge in [-0.1, -0.05) is 6.92 Å². The van der Waals surface area contributed by atoms with E-state index in [1.54, 1.807) is 6.92 Å². The summed E-state index contributed by atoms with van der Waals surface area (Å²) < 4.78 is 0. The van der Waals surface area contributed by atoms with Crippen molar-refractivity contribution in [3.63, 3.8) is 0 Å². The number of carbonyl (C=O) groups is 1. The molecule has 0 aliphatic carbocycles. The van der Waals surface area contributed by atoms with E-state index in [1.807, 2.05) is 0 Å². The molecule has 86 valence electrons. The maximum Gasteiger partial charge on any atom is 0.0671 e. The van der Waals surface area contributed by atoms with Crippen molar-refractivity contribution in [3.05, 3.63) is 0 Å². The number of hydrogen-bond donors (Lipinski definition) is 0. The first-order valence-corrected chi connectivity index (χ1v) is 7.60. The van der Waals surface area contributed by atoms with E-state index in [2.05, 4.69) is 20.8 Å². The summed E-state index contributed by atoms with van der Waals surface area (Å²) in [5.74, 6) is -1.16. The van der Waals surface area contributed by atoms with E-state index in [1.165, 1.54) is 0 Å². The molecule has 14 heavy (non-hydrogen) atoms. The fraction of sp³-hybridized carbons (Fsp3) is 0.900. The predicted octanol–water partition coefficient (Wildman–Crippen LogP) is 0.625. The molecule has 0 spiro atoms. The molecule has 0 heterocycles. The van der Waals surface area contributed by atoms with Gasteiger partial charge < -0.3 is 15.4 Å². The topological polar surface area (TPSA) is 71.6 Å². The lowest BCUT2D eigenvalue weighted by Crippen LogP contribution is -2.33. The van der Waals surface area contributed by atoms with Crippen molar-refractivity contribution < 1.29 is 15.4 Å². The third-order valence-corrected chi connectivity index (χ3v) is 8.42. The van der Waals surface area contributed by atoms with Crippen molar-refractivity contribution in [1.29, 1.82) is 0 Å². The summed E-state index contributed by atoms with van der Waals surface area (Å²) in [6.07, 6.45) is 4.35. The zero-order chi connectivity index (χ0) is 10.5. The zero-order valence-corrected chi connectivity index (χ0v) is 10.6. The van der Waals surface area contributed by atoms with Crippen molar-refractivity contribution in [2.45, 2.75) is 27.7 Å². The maximum atomic E-state index is 10.6. The predicted molar refractivity (Wildman–Crippen MR) is 61.2 cm³/mol. The highest BCUT2D eigenvalue weighted by molar-refractivity contribution is 7.75. The van der Waals surface area contributed by atoms with Gasteiger partial charge in [0, 0.05) is 19.1 Å². The normalized spacial score (nSPS) is 13.1. The van der Waals surface area contributed by atoms with Crippen LogP contribution in [-0.2, 0) is 4.79 Å². The van der Waals surface area contributed by atoms with E-state index in [4.69, 9.17) is 0 Å². The van der Waals surface area contributed by atoms with E-state index in [-0.39, 0.29) is 11.4 Å². The highest BCUT2D eigenvalue weighted by Gasteiger charge is 2.33. The average Bonchev–Trinajstić information content (AvgIpc) is 2.14. The monoisotopic (exact) mass is 222 g/mol. The minimum Gasteiger partial charge on any atom is -0.550 e. The lowest BCUT2D eigenvalue weighted by Gasteiger charge is -2.27. The van der Waals surface area contributed by atoms with Gasteiger partial charge in [0.15, 0.2) is 0 Å². The molecule has 0 saturated carbocycles. The summed E-state index contributed by atoms with van der Waals surface area (Å²) in [5, 5.41) is 10.6. The number of hydrogen-bond acceptors (Lipinski definition) is 2. The summed E-state index contributed by atoms with van der Waals surface area (Å²) >= 11 is 0. The number of rotatable bonds is 6. The quantitative estimate of drug-likeness (QED) is 0.618. The smallest absolute Gasteiger partial charge is 0.0671 e. The fourth-order valence-corrected chi connectivity index (χ4v) is 5.14. The molecule has 3 nitrogen and oxygen atoms in total. The SMILES string of the molecule is CC[P+](CC)(CC)CC(C)C(=O)[O-].O. The Morgan fingerprint density at radius 1 is 1.21 bits per heavy atom. The van der Waals surface area contributed by atoms with E-state index in [0.717, 1.165) is 24.6 Å². The minimum absolute atomic E-state index is 0. The van der Waals surface area contributed by atoms with Crippen LogP contribution >= 0.6 is 7.26 Å². The Hall–Kier alpha value is -0.140. The fourth-order valence-electron chi connectivity index (χ4n) is 1.71. The third-order valence-electron chi connectivity index (χ3n) is 3.08. The Balaban J connectivity index is 0. The van der Waals surface area contributed by atoms with Crippen LogP contribution in [0.3, 0.4) is 0 Å². The molecule has 0 saturated heterocycles. The van der Waals surface area contributed by atoms with Gasteiger partial charge in [0.25, 0.3) is 0 Å². The van der Waals surface area contributed by atoms with E-state index in [0.29, 0.717) is 0 Å². The molecule has 0 rings (SSSR count). The Morgan fingerprint density at radius 3 is 1.79 bits per heavy atom. The Morgan fingerprint density at radius 2 is 1.57 bits per heavy atom. The molecule has 0 bridgehead atoms. The van der Waals surface area contributed by atoms with Gasteiger partial charge in [0.1, 0.15) is 0 Å². The molecule has 1 atom stereocenters. The van der Waals surface area contributed by atoms with Crippen molar-refractivity contribution in [2.24, 2.45) is 5.92 Å². The van der Waals surface area contributed by atoms with Gasteiger partial charge in [-0.3, -0.25) is 0 Å². The molecule has 0 radical (unpaired) electrons. The average molecular weight is 222 g/mol. The molecule has 0 aliphatic rings. The number of carboxylic acid groups (broad SMARTS) is 1. The van der Waals surface area contributed by atoms with E-state index >= 15 is 0 Å². The van der Waals surface area contributed by atoms with Gasteiger partial charge >= 0.3 is 0 Å². The molecule has 2 N–H and O–H groups in total. The van der Waals surface area contributed by atoms with Gasteiger partial charge in [-0.15, -0.1) is 0 Å². The summed E-state index contributed by atoms with van der Waals surface area (Å²) in [6, 6.07) is 0. The highest BCUT2D eigenvalue weighted by atomic mass is 31.2. The van der Waals surface area contributed by atoms with Crippen LogP contribution in [0.15, 0.2) is 0 Å². The molecule has 0 amide bonds. The van der Waals surface area contributed by atoms with Gasteiger partial charge in [-0.2, -0.15) is 0 Å². The zero-order valence-electron chi connectivity index (χ0n) is 9.67. The highest BCUT2D eigenvalue weighted by Crippen LogP contribution is 2.58. The summed E-state index contributed by atoms with van der Waals surface area (Å²) in [7, 11) is -0.970. The molecule has 0 aromatic carbocycles. The van der Waals surface area contributed by atoms with Crippen LogP contribution in [0.2, 0.25) is 0 Å². The van der Waals surface area contributed by atoms with Crippen LogP contribution in [0.1, 0.15) is 27.7 Å². The van der Waals surface area contributed by atoms with Crippen molar-refractivity contribution in [3.8, 4) is 0 Å². The molecular formula is C10H23O3P. The third kappa shape index (κ3) is 4.39. The first-order valence-electron chi connectivity index (χ1n) is 5.07. The second-order valence-electron chi connectivity index (χ2n) is 3.69. The minimum atomic E-state index is -0.970. The molecule has 0 aromatic heterocycles. The largest absolute Gasteiger partial charge is 0.550 e. The van der Waals surface area contributed by atoms with Gasteiger partial charge in [-0.25, -0.2) is 0 Å². The lowest BCUT2D eigenvalue weighted by molar-refractivity contribution is -0.310. The van der Waals surface area contributed by atoms with Crippen molar-refractivity contribution in [2.75, 3.05) is 24.6 Å². The van der Waals surface area contributed by atoms with E-state index < -0.39 is 13.2 Å².